The molecule has 0 bridgehead atoms. The van der Waals surface area contributed by atoms with Crippen LogP contribution < -0.4 is 0 Å². The van der Waals surface area contributed by atoms with Gasteiger partial charge in [-0.05, 0) is 35.5 Å². The van der Waals surface area contributed by atoms with Crippen molar-refractivity contribution < 1.29 is 0 Å². The van der Waals surface area contributed by atoms with Gasteiger partial charge in [0.1, 0.15) is 0 Å². The summed E-state index contributed by atoms with van der Waals surface area (Å²) in [6.07, 6.45) is 24.9. The summed E-state index contributed by atoms with van der Waals surface area (Å²) < 4.78 is 0. The minimum absolute atomic E-state index is 0.903. The van der Waals surface area contributed by atoms with Gasteiger partial charge in [0.05, 0.1) is 0 Å². The van der Waals surface area contributed by atoms with Crippen molar-refractivity contribution in [2.75, 3.05) is 0 Å². The van der Waals surface area contributed by atoms with Gasteiger partial charge in [0, 0.05) is 0 Å². The van der Waals surface area contributed by atoms with Gasteiger partial charge in [0.2, 0.25) is 0 Å². The van der Waals surface area contributed by atoms with E-state index in [1.807, 2.05) is 0 Å². The first-order valence-corrected chi connectivity index (χ1v) is 19.6. The Balaban J connectivity index is -0.0000000926. The first-order valence-electron chi connectivity index (χ1n) is 19.6. The van der Waals surface area contributed by atoms with Crippen molar-refractivity contribution in [2.24, 2.45) is 35.5 Å². The van der Waals surface area contributed by atoms with E-state index in [0.717, 1.165) is 35.5 Å². The van der Waals surface area contributed by atoms with Gasteiger partial charge in [0.15, 0.2) is 0 Å². The van der Waals surface area contributed by atoms with Crippen molar-refractivity contribution >= 4 is 0 Å². The van der Waals surface area contributed by atoms with E-state index in [9.17, 15) is 0 Å². The van der Waals surface area contributed by atoms with Gasteiger partial charge in [-0.2, -0.15) is 0 Å². The summed E-state index contributed by atoms with van der Waals surface area (Å²) in [5, 5.41) is 0. The lowest BCUT2D eigenvalue weighted by Gasteiger charge is -1.98. The summed E-state index contributed by atoms with van der Waals surface area (Å²) in [5.74, 6) is 5.42. The zero-order valence-electron chi connectivity index (χ0n) is 34.2. The van der Waals surface area contributed by atoms with Crippen molar-refractivity contribution in [3.05, 3.63) is 0 Å². The predicted molar refractivity (Wildman–Crippen MR) is 206 cm³/mol. The highest BCUT2D eigenvalue weighted by Crippen LogP contribution is 2.07. The fourth-order valence-corrected chi connectivity index (χ4v) is 3.67. The molecule has 0 N–H and O–H groups in total. The normalized spacial score (nSPS) is 10.3. The molecule has 0 spiro atoms. The van der Waals surface area contributed by atoms with Crippen LogP contribution >= 0.6 is 0 Å². The van der Waals surface area contributed by atoms with Crippen molar-refractivity contribution in [3.63, 3.8) is 0 Å². The summed E-state index contributed by atoms with van der Waals surface area (Å²) in [4.78, 5) is 0. The van der Waals surface area contributed by atoms with E-state index in [1.54, 1.807) is 0 Å². The molecule has 0 amide bonds. The van der Waals surface area contributed by atoms with Crippen molar-refractivity contribution in [2.45, 2.75) is 240 Å². The number of rotatable bonds is 18. The summed E-state index contributed by atoms with van der Waals surface area (Å²) in [7, 11) is 0. The average Bonchev–Trinajstić information content (AvgIpc) is 2.91. The maximum absolute atomic E-state index is 2.27. The van der Waals surface area contributed by atoms with Crippen molar-refractivity contribution in [1.82, 2.24) is 0 Å². The molecule has 0 aliphatic heterocycles. The molecule has 0 aliphatic carbocycles. The minimum Gasteiger partial charge on any atom is -0.0654 e. The highest BCUT2D eigenvalue weighted by Gasteiger charge is 1.91. The van der Waals surface area contributed by atoms with E-state index in [0.29, 0.717) is 0 Å². The summed E-state index contributed by atoms with van der Waals surface area (Å²) in [6.45, 7) is 40.7. The van der Waals surface area contributed by atoms with Crippen LogP contribution in [0.5, 0.6) is 0 Å². The third kappa shape index (κ3) is 106. The first kappa shape index (κ1) is 54.5. The third-order valence-corrected chi connectivity index (χ3v) is 6.81. The Hall–Kier alpha value is 0. The second-order valence-corrected chi connectivity index (χ2v) is 15.2. The molecule has 0 aromatic rings. The standard InChI is InChI=1S/6C7H16/c6*1-4-5-6-7(2)3/h6*7H,4-6H2,1-3H3. The predicted octanol–water partition coefficient (Wildman–Crippen LogP) is 17.0. The average molecular weight is 601 g/mol. The van der Waals surface area contributed by atoms with Crippen molar-refractivity contribution in [3.8, 4) is 0 Å². The van der Waals surface area contributed by atoms with E-state index >= 15 is 0 Å². The number of hydrogen-bond donors (Lipinski definition) is 0. The second-order valence-electron chi connectivity index (χ2n) is 15.2. The van der Waals surface area contributed by atoms with Crippen LogP contribution in [0.4, 0.5) is 0 Å². The molecule has 0 unspecified atom stereocenters. The highest BCUT2D eigenvalue weighted by molar-refractivity contribution is 4.45. The molecule has 0 rings (SSSR count). The van der Waals surface area contributed by atoms with E-state index in [4.69, 9.17) is 0 Å². The van der Waals surface area contributed by atoms with Crippen LogP contribution in [-0.2, 0) is 0 Å². The molecule has 0 heteroatoms. The van der Waals surface area contributed by atoms with Crippen LogP contribution in [-0.4, -0.2) is 0 Å². The van der Waals surface area contributed by atoms with Gasteiger partial charge in [-0.25, -0.2) is 0 Å². The lowest BCUT2D eigenvalue weighted by atomic mass is 10.1. The van der Waals surface area contributed by atoms with Crippen LogP contribution in [0, 0.1) is 35.5 Å². The largest absolute Gasteiger partial charge is 0.0654 e. The quantitative estimate of drug-likeness (QED) is 0.147. The fraction of sp³-hybridized carbons (Fsp3) is 1.00. The smallest absolute Gasteiger partial charge is 0.0471 e. The summed E-state index contributed by atoms with van der Waals surface area (Å²) in [5.41, 5.74) is 0. The molecule has 0 atom stereocenters. The Labute approximate surface area is 275 Å². The Morgan fingerprint density at radius 3 is 0.333 bits per heavy atom. The van der Waals surface area contributed by atoms with Crippen LogP contribution in [0.2, 0.25) is 0 Å². The molecule has 264 valence electrons. The van der Waals surface area contributed by atoms with Crippen LogP contribution in [0.25, 0.3) is 0 Å². The summed E-state index contributed by atoms with van der Waals surface area (Å²) >= 11 is 0. The Morgan fingerprint density at radius 2 is 0.310 bits per heavy atom. The molecule has 0 heterocycles. The Kier molecular flexibility index (Phi) is 65.7. The van der Waals surface area contributed by atoms with Gasteiger partial charge in [-0.1, -0.05) is 240 Å². The third-order valence-electron chi connectivity index (χ3n) is 6.81. The zero-order chi connectivity index (χ0) is 34.2. The molecule has 0 aromatic heterocycles. The Bertz CT molecular complexity index is 267. The molecular formula is C42H96. The zero-order valence-corrected chi connectivity index (χ0v) is 34.2. The molecule has 0 aliphatic rings. The van der Waals surface area contributed by atoms with Gasteiger partial charge < -0.3 is 0 Å². The van der Waals surface area contributed by atoms with Crippen molar-refractivity contribution in [1.29, 1.82) is 0 Å². The Morgan fingerprint density at radius 1 is 0.214 bits per heavy atom. The van der Waals surface area contributed by atoms with Gasteiger partial charge in [-0.3, -0.25) is 0 Å². The summed E-state index contributed by atoms with van der Waals surface area (Å²) in [6, 6.07) is 0. The monoisotopic (exact) mass is 601 g/mol. The van der Waals surface area contributed by atoms with Crippen LogP contribution in [0.3, 0.4) is 0 Å². The molecule has 0 radical (unpaired) electrons. The maximum Gasteiger partial charge on any atom is -0.0471 e. The highest BCUT2D eigenvalue weighted by atomic mass is 14.0. The lowest BCUT2D eigenvalue weighted by Crippen LogP contribution is -1.83. The van der Waals surface area contributed by atoms with Crippen LogP contribution in [0.1, 0.15) is 240 Å². The van der Waals surface area contributed by atoms with E-state index < -0.39 is 0 Å². The number of unbranched alkanes of at least 4 members (excludes halogenated alkanes) is 6. The number of hydrogen-bond acceptors (Lipinski definition) is 0. The van der Waals surface area contributed by atoms with E-state index in [1.165, 1.54) is 116 Å². The molecule has 0 fully saturated rings. The lowest BCUT2D eigenvalue weighted by molar-refractivity contribution is 0.550. The fourth-order valence-electron chi connectivity index (χ4n) is 3.67. The van der Waals surface area contributed by atoms with Gasteiger partial charge in [-0.15, -0.1) is 0 Å². The second kappa shape index (κ2) is 50.6. The minimum atomic E-state index is 0.903. The maximum atomic E-state index is 2.27. The van der Waals surface area contributed by atoms with Gasteiger partial charge >= 0.3 is 0 Å². The van der Waals surface area contributed by atoms with E-state index in [2.05, 4.69) is 125 Å². The van der Waals surface area contributed by atoms with Gasteiger partial charge in [0.25, 0.3) is 0 Å². The SMILES string of the molecule is CCCCC(C)C.CCCCC(C)C.CCCCC(C)C.CCCCC(C)C.CCCCC(C)C.CCCCC(C)C. The topological polar surface area (TPSA) is 0 Å². The molecule has 0 saturated heterocycles. The molecule has 0 saturated carbocycles. The molecular weight excluding hydrogens is 504 g/mol. The first-order chi connectivity index (χ1) is 19.6. The van der Waals surface area contributed by atoms with Crippen LogP contribution in [0.15, 0.2) is 0 Å². The molecule has 0 aromatic carbocycles. The molecule has 42 heavy (non-hydrogen) atoms. The van der Waals surface area contributed by atoms with E-state index in [-0.39, 0.29) is 0 Å². The molecule has 0 nitrogen and oxygen atoms in total.